The third-order valence-electron chi connectivity index (χ3n) is 2.05. The van der Waals surface area contributed by atoms with Gasteiger partial charge in [-0.05, 0) is 26.9 Å². The van der Waals surface area contributed by atoms with E-state index in [4.69, 9.17) is 0 Å². The van der Waals surface area contributed by atoms with Gasteiger partial charge in [-0.3, -0.25) is 4.90 Å². The fraction of sp³-hybridized carbons (Fsp3) is 1.00. The quantitative estimate of drug-likeness (QED) is 0.676. The van der Waals surface area contributed by atoms with Crippen molar-refractivity contribution in [3.63, 3.8) is 0 Å². The van der Waals surface area contributed by atoms with E-state index < -0.39 is 12.7 Å². The molecule has 1 unspecified atom stereocenters. The molecule has 0 bridgehead atoms. The van der Waals surface area contributed by atoms with Gasteiger partial charge in [0.15, 0.2) is 0 Å². The first-order chi connectivity index (χ1) is 6.37. The van der Waals surface area contributed by atoms with E-state index in [1.165, 1.54) is 11.9 Å². The molecule has 0 saturated carbocycles. The molecule has 5 heteroatoms. The van der Waals surface area contributed by atoms with Gasteiger partial charge in [0.1, 0.15) is 0 Å². The predicted molar refractivity (Wildman–Crippen MR) is 51.3 cm³/mol. The Morgan fingerprint density at radius 1 is 1.36 bits per heavy atom. The van der Waals surface area contributed by atoms with Crippen molar-refractivity contribution in [2.75, 3.05) is 26.7 Å². The molecule has 0 rings (SSSR count). The third kappa shape index (κ3) is 7.15. The molecule has 86 valence electrons. The molecule has 2 nitrogen and oxygen atoms in total. The van der Waals surface area contributed by atoms with E-state index >= 15 is 0 Å². The van der Waals surface area contributed by atoms with Crippen molar-refractivity contribution in [2.24, 2.45) is 0 Å². The van der Waals surface area contributed by atoms with Crippen LogP contribution in [0.1, 0.15) is 20.3 Å². The Morgan fingerprint density at radius 3 is 2.36 bits per heavy atom. The highest BCUT2D eigenvalue weighted by molar-refractivity contribution is 4.68. The summed E-state index contributed by atoms with van der Waals surface area (Å²) in [5, 5.41) is 3.09. The summed E-state index contributed by atoms with van der Waals surface area (Å²) < 4.78 is 36.0. The summed E-state index contributed by atoms with van der Waals surface area (Å²) in [7, 11) is 1.49. The topological polar surface area (TPSA) is 15.3 Å². The number of likely N-dealkylation sites (N-methyl/N-ethyl adjacent to an activating group) is 1. The SMILES string of the molecule is CCCNCC(C)N(C)CC(F)(F)F. The first kappa shape index (κ1) is 13.7. The standard InChI is InChI=1S/C9H19F3N2/c1-4-5-13-6-8(2)14(3)7-9(10,11)12/h8,13H,4-7H2,1-3H3. The van der Waals surface area contributed by atoms with Crippen molar-refractivity contribution in [3.05, 3.63) is 0 Å². The molecule has 0 radical (unpaired) electrons. The van der Waals surface area contributed by atoms with Crippen LogP contribution in [0.5, 0.6) is 0 Å². The molecule has 0 aromatic carbocycles. The van der Waals surface area contributed by atoms with Crippen LogP contribution in [0.3, 0.4) is 0 Å². The average Bonchev–Trinajstić information content (AvgIpc) is 2.01. The molecule has 0 heterocycles. The van der Waals surface area contributed by atoms with E-state index in [9.17, 15) is 13.2 Å². The fourth-order valence-corrected chi connectivity index (χ4v) is 1.08. The van der Waals surface area contributed by atoms with Crippen LogP contribution >= 0.6 is 0 Å². The summed E-state index contributed by atoms with van der Waals surface area (Å²) in [5.74, 6) is 0. The first-order valence-electron chi connectivity index (χ1n) is 4.84. The summed E-state index contributed by atoms with van der Waals surface area (Å²) in [6.45, 7) is 4.41. The number of hydrogen-bond acceptors (Lipinski definition) is 2. The highest BCUT2D eigenvalue weighted by Gasteiger charge is 2.30. The van der Waals surface area contributed by atoms with Crippen molar-refractivity contribution in [2.45, 2.75) is 32.5 Å². The van der Waals surface area contributed by atoms with E-state index in [1.807, 2.05) is 6.92 Å². The molecule has 0 aromatic heterocycles. The van der Waals surface area contributed by atoms with Crippen molar-refractivity contribution >= 4 is 0 Å². The number of halogens is 3. The monoisotopic (exact) mass is 212 g/mol. The molecule has 0 aliphatic heterocycles. The van der Waals surface area contributed by atoms with Crippen LogP contribution in [0.15, 0.2) is 0 Å². The molecule has 1 N–H and O–H groups in total. The molecule has 0 aliphatic rings. The van der Waals surface area contributed by atoms with Crippen molar-refractivity contribution in [1.29, 1.82) is 0 Å². The van der Waals surface area contributed by atoms with Crippen molar-refractivity contribution in [1.82, 2.24) is 10.2 Å². The summed E-state index contributed by atoms with van der Waals surface area (Å²) in [5.41, 5.74) is 0. The average molecular weight is 212 g/mol. The number of alkyl halides is 3. The molecular weight excluding hydrogens is 193 g/mol. The van der Waals surface area contributed by atoms with E-state index in [-0.39, 0.29) is 6.04 Å². The highest BCUT2D eigenvalue weighted by Crippen LogP contribution is 2.16. The van der Waals surface area contributed by atoms with Gasteiger partial charge in [-0.2, -0.15) is 13.2 Å². The Bertz CT molecular complexity index is 147. The molecule has 1 atom stereocenters. The van der Waals surface area contributed by atoms with Crippen LogP contribution in [0.2, 0.25) is 0 Å². The molecule has 14 heavy (non-hydrogen) atoms. The summed E-state index contributed by atoms with van der Waals surface area (Å²) in [4.78, 5) is 1.31. The van der Waals surface area contributed by atoms with Crippen LogP contribution in [0, 0.1) is 0 Å². The second kappa shape index (κ2) is 6.24. The molecule has 0 spiro atoms. The normalized spacial score (nSPS) is 14.8. The predicted octanol–water partition coefficient (Wildman–Crippen LogP) is 1.87. The Kier molecular flexibility index (Phi) is 6.11. The smallest absolute Gasteiger partial charge is 0.315 e. The summed E-state index contributed by atoms with van der Waals surface area (Å²) in [6, 6.07) is -0.0943. The molecule has 0 fully saturated rings. The third-order valence-corrected chi connectivity index (χ3v) is 2.05. The van der Waals surface area contributed by atoms with Crippen LogP contribution in [-0.2, 0) is 0 Å². The molecule has 0 aliphatic carbocycles. The lowest BCUT2D eigenvalue weighted by molar-refractivity contribution is -0.146. The van der Waals surface area contributed by atoms with Gasteiger partial charge in [-0.1, -0.05) is 6.92 Å². The van der Waals surface area contributed by atoms with Gasteiger partial charge < -0.3 is 5.32 Å². The van der Waals surface area contributed by atoms with E-state index in [1.54, 1.807) is 6.92 Å². The Balaban J connectivity index is 3.70. The van der Waals surface area contributed by atoms with Crippen LogP contribution in [0.25, 0.3) is 0 Å². The Morgan fingerprint density at radius 2 is 1.93 bits per heavy atom. The van der Waals surface area contributed by atoms with Gasteiger partial charge >= 0.3 is 6.18 Å². The number of rotatable bonds is 6. The van der Waals surface area contributed by atoms with Gasteiger partial charge in [-0.25, -0.2) is 0 Å². The second-order valence-electron chi connectivity index (χ2n) is 3.58. The summed E-state index contributed by atoms with van der Waals surface area (Å²) >= 11 is 0. The zero-order valence-electron chi connectivity index (χ0n) is 8.99. The zero-order chi connectivity index (χ0) is 11.2. The first-order valence-corrected chi connectivity index (χ1v) is 4.84. The number of nitrogens with one attached hydrogen (secondary N) is 1. The largest absolute Gasteiger partial charge is 0.401 e. The lowest BCUT2D eigenvalue weighted by Gasteiger charge is -2.25. The summed E-state index contributed by atoms with van der Waals surface area (Å²) in [6.07, 6.45) is -3.11. The minimum Gasteiger partial charge on any atom is -0.315 e. The minimum absolute atomic E-state index is 0.0943. The molecule has 0 saturated heterocycles. The molecule has 0 amide bonds. The van der Waals surface area contributed by atoms with Crippen molar-refractivity contribution in [3.8, 4) is 0 Å². The molecule has 0 aromatic rings. The zero-order valence-corrected chi connectivity index (χ0v) is 8.99. The van der Waals surface area contributed by atoms with Gasteiger partial charge in [0.2, 0.25) is 0 Å². The Labute approximate surface area is 83.5 Å². The maximum atomic E-state index is 12.0. The second-order valence-corrected chi connectivity index (χ2v) is 3.58. The van der Waals surface area contributed by atoms with E-state index in [0.29, 0.717) is 6.54 Å². The maximum absolute atomic E-state index is 12.0. The number of nitrogens with zero attached hydrogens (tertiary/aromatic N) is 1. The van der Waals surface area contributed by atoms with Crippen molar-refractivity contribution < 1.29 is 13.2 Å². The van der Waals surface area contributed by atoms with Crippen LogP contribution < -0.4 is 5.32 Å². The number of hydrogen-bond donors (Lipinski definition) is 1. The van der Waals surface area contributed by atoms with E-state index in [0.717, 1.165) is 13.0 Å². The molecular formula is C9H19F3N2. The van der Waals surface area contributed by atoms with Crippen LogP contribution in [0.4, 0.5) is 13.2 Å². The maximum Gasteiger partial charge on any atom is 0.401 e. The lowest BCUT2D eigenvalue weighted by atomic mass is 10.3. The van der Waals surface area contributed by atoms with E-state index in [2.05, 4.69) is 5.32 Å². The Hall–Kier alpha value is -0.290. The van der Waals surface area contributed by atoms with Gasteiger partial charge in [0.25, 0.3) is 0 Å². The highest BCUT2D eigenvalue weighted by atomic mass is 19.4. The van der Waals surface area contributed by atoms with Gasteiger partial charge in [0, 0.05) is 12.6 Å². The minimum atomic E-state index is -4.10. The fourth-order valence-electron chi connectivity index (χ4n) is 1.08. The van der Waals surface area contributed by atoms with Gasteiger partial charge in [0.05, 0.1) is 6.54 Å². The van der Waals surface area contributed by atoms with Gasteiger partial charge in [-0.15, -0.1) is 0 Å². The van der Waals surface area contributed by atoms with Crippen LogP contribution in [-0.4, -0.2) is 43.8 Å². The lowest BCUT2D eigenvalue weighted by Crippen LogP contribution is -2.42.